The zero-order chi connectivity index (χ0) is 19.1. The molecule has 3 aromatic rings. The minimum atomic E-state index is -3.85. The van der Waals surface area contributed by atoms with E-state index in [2.05, 4.69) is 31.1 Å². The average molecular weight is 370 g/mol. The monoisotopic (exact) mass is 370 g/mol. The van der Waals surface area contributed by atoms with E-state index in [-0.39, 0.29) is 21.2 Å². The lowest BCUT2D eigenvalue weighted by Crippen LogP contribution is -2.12. The number of aryl methyl sites for hydroxylation is 1. The van der Waals surface area contributed by atoms with Crippen molar-refractivity contribution >= 4 is 15.7 Å². The van der Waals surface area contributed by atoms with E-state index in [0.717, 1.165) is 11.1 Å². The Labute approximate surface area is 153 Å². The van der Waals surface area contributed by atoms with E-state index in [9.17, 15) is 8.42 Å². The standard InChI is InChI=1S/C19H22N4O2S/c1-13-5-9-15(10-6-13)23-17(20)18(21-22-23)26(24,25)16-11-7-14(8-12-16)19(2,3)4/h5-12H,20H2,1-4H3. The van der Waals surface area contributed by atoms with Gasteiger partial charge in [0.1, 0.15) is 0 Å². The van der Waals surface area contributed by atoms with E-state index >= 15 is 0 Å². The van der Waals surface area contributed by atoms with Crippen LogP contribution < -0.4 is 5.73 Å². The average Bonchev–Trinajstić information content (AvgIpc) is 2.97. The van der Waals surface area contributed by atoms with Crippen LogP contribution in [-0.4, -0.2) is 23.4 Å². The van der Waals surface area contributed by atoms with Gasteiger partial charge in [0, 0.05) is 0 Å². The molecule has 0 aliphatic heterocycles. The summed E-state index contributed by atoms with van der Waals surface area (Å²) >= 11 is 0. The summed E-state index contributed by atoms with van der Waals surface area (Å²) in [5.74, 6) is -0.00579. The molecule has 7 heteroatoms. The molecule has 0 aliphatic rings. The zero-order valence-electron chi connectivity index (χ0n) is 15.3. The molecule has 0 spiro atoms. The summed E-state index contributed by atoms with van der Waals surface area (Å²) < 4.78 is 27.2. The zero-order valence-corrected chi connectivity index (χ0v) is 16.1. The molecule has 0 atom stereocenters. The van der Waals surface area contributed by atoms with Gasteiger partial charge in [-0.2, -0.15) is 4.68 Å². The molecule has 0 saturated carbocycles. The van der Waals surface area contributed by atoms with Gasteiger partial charge >= 0.3 is 0 Å². The van der Waals surface area contributed by atoms with Crippen molar-refractivity contribution in [2.75, 3.05) is 5.73 Å². The third-order valence-corrected chi connectivity index (χ3v) is 5.93. The first-order valence-corrected chi connectivity index (χ1v) is 9.73. The summed E-state index contributed by atoms with van der Waals surface area (Å²) in [6, 6.07) is 14.2. The molecule has 2 aromatic carbocycles. The van der Waals surface area contributed by atoms with Crippen molar-refractivity contribution < 1.29 is 8.42 Å². The van der Waals surface area contributed by atoms with Gasteiger partial charge in [-0.1, -0.05) is 55.8 Å². The van der Waals surface area contributed by atoms with Crippen molar-refractivity contribution in [1.82, 2.24) is 15.0 Å². The Kier molecular flexibility index (Phi) is 4.36. The van der Waals surface area contributed by atoms with Gasteiger partial charge in [-0.05, 0) is 42.2 Å². The molecule has 0 bridgehead atoms. The summed E-state index contributed by atoms with van der Waals surface area (Å²) in [5, 5.41) is 7.53. The number of rotatable bonds is 3. The first-order chi connectivity index (χ1) is 12.1. The summed E-state index contributed by atoms with van der Waals surface area (Å²) in [6.45, 7) is 8.18. The molecule has 0 saturated heterocycles. The summed E-state index contributed by atoms with van der Waals surface area (Å²) in [7, 11) is -3.85. The van der Waals surface area contributed by atoms with Crippen LogP contribution in [0.2, 0.25) is 0 Å². The van der Waals surface area contributed by atoms with Crippen molar-refractivity contribution in [2.24, 2.45) is 0 Å². The Morgan fingerprint density at radius 3 is 2.08 bits per heavy atom. The number of nitrogen functional groups attached to an aromatic ring is 1. The number of benzene rings is 2. The van der Waals surface area contributed by atoms with E-state index in [1.165, 1.54) is 4.68 Å². The summed E-state index contributed by atoms with van der Waals surface area (Å²) in [6.07, 6.45) is 0. The van der Waals surface area contributed by atoms with Crippen molar-refractivity contribution in [3.63, 3.8) is 0 Å². The van der Waals surface area contributed by atoms with Crippen molar-refractivity contribution in [3.8, 4) is 5.69 Å². The third kappa shape index (κ3) is 3.22. The fraction of sp³-hybridized carbons (Fsp3) is 0.263. The molecule has 1 heterocycles. The highest BCUT2D eigenvalue weighted by Gasteiger charge is 2.27. The van der Waals surface area contributed by atoms with Gasteiger partial charge in [0.2, 0.25) is 14.9 Å². The van der Waals surface area contributed by atoms with Crippen LogP contribution >= 0.6 is 0 Å². The van der Waals surface area contributed by atoms with Crippen LogP contribution in [0.1, 0.15) is 31.9 Å². The van der Waals surface area contributed by atoms with Crippen LogP contribution in [0.4, 0.5) is 5.82 Å². The summed E-state index contributed by atoms with van der Waals surface area (Å²) in [4.78, 5) is 0.146. The Morgan fingerprint density at radius 1 is 0.962 bits per heavy atom. The number of hydrogen-bond donors (Lipinski definition) is 1. The Hall–Kier alpha value is -2.67. The maximum atomic E-state index is 12.9. The fourth-order valence-electron chi connectivity index (χ4n) is 2.59. The van der Waals surface area contributed by atoms with Gasteiger partial charge in [-0.15, -0.1) is 5.10 Å². The molecule has 6 nitrogen and oxygen atoms in total. The predicted molar refractivity (Wildman–Crippen MR) is 101 cm³/mol. The lowest BCUT2D eigenvalue weighted by Gasteiger charge is -2.19. The number of hydrogen-bond acceptors (Lipinski definition) is 5. The van der Waals surface area contributed by atoms with Crippen molar-refractivity contribution in [2.45, 2.75) is 43.0 Å². The second kappa shape index (κ2) is 6.25. The van der Waals surface area contributed by atoms with Crippen molar-refractivity contribution in [1.29, 1.82) is 0 Å². The SMILES string of the molecule is Cc1ccc(-n2nnc(S(=O)(=O)c3ccc(C(C)(C)C)cc3)c2N)cc1. The van der Waals surface area contributed by atoms with E-state index < -0.39 is 9.84 Å². The first kappa shape index (κ1) is 18.1. The Balaban J connectivity index is 2.02. The molecular weight excluding hydrogens is 348 g/mol. The minimum Gasteiger partial charge on any atom is -0.381 e. The highest BCUT2D eigenvalue weighted by Crippen LogP contribution is 2.28. The second-order valence-electron chi connectivity index (χ2n) is 7.31. The lowest BCUT2D eigenvalue weighted by atomic mass is 9.87. The Bertz CT molecular complexity index is 1030. The Morgan fingerprint density at radius 2 is 1.54 bits per heavy atom. The minimum absolute atomic E-state index is 0.00579. The van der Waals surface area contributed by atoms with Gasteiger partial charge in [-0.25, -0.2) is 8.42 Å². The third-order valence-electron chi connectivity index (χ3n) is 4.24. The summed E-state index contributed by atoms with van der Waals surface area (Å²) in [5.41, 5.74) is 8.78. The fourth-order valence-corrected chi connectivity index (χ4v) is 3.81. The predicted octanol–water partition coefficient (Wildman–Crippen LogP) is 3.29. The maximum Gasteiger partial charge on any atom is 0.229 e. The highest BCUT2D eigenvalue weighted by atomic mass is 32.2. The largest absolute Gasteiger partial charge is 0.381 e. The molecule has 3 rings (SSSR count). The topological polar surface area (TPSA) is 90.9 Å². The van der Waals surface area contributed by atoms with E-state index in [4.69, 9.17) is 5.73 Å². The van der Waals surface area contributed by atoms with Crippen LogP contribution in [0, 0.1) is 6.92 Å². The molecule has 0 radical (unpaired) electrons. The van der Waals surface area contributed by atoms with Gasteiger partial charge in [-0.3, -0.25) is 0 Å². The number of sulfone groups is 1. The number of nitrogens with zero attached hydrogens (tertiary/aromatic N) is 3. The van der Waals surface area contributed by atoms with Gasteiger partial charge in [0.05, 0.1) is 10.6 Å². The van der Waals surface area contributed by atoms with E-state index in [1.54, 1.807) is 12.1 Å². The van der Waals surface area contributed by atoms with Crippen LogP contribution in [0.15, 0.2) is 58.5 Å². The van der Waals surface area contributed by atoms with Crippen LogP contribution in [0.5, 0.6) is 0 Å². The van der Waals surface area contributed by atoms with Gasteiger partial charge in [0.25, 0.3) is 0 Å². The smallest absolute Gasteiger partial charge is 0.229 e. The van der Waals surface area contributed by atoms with Crippen LogP contribution in [0.25, 0.3) is 5.69 Å². The normalized spacial score (nSPS) is 12.3. The molecule has 2 N–H and O–H groups in total. The highest BCUT2D eigenvalue weighted by molar-refractivity contribution is 7.91. The van der Waals surface area contributed by atoms with Gasteiger partial charge < -0.3 is 5.73 Å². The molecule has 1 aromatic heterocycles. The van der Waals surface area contributed by atoms with Crippen LogP contribution in [-0.2, 0) is 15.3 Å². The second-order valence-corrected chi connectivity index (χ2v) is 9.17. The number of aromatic nitrogens is 3. The van der Waals surface area contributed by atoms with E-state index in [1.807, 2.05) is 43.3 Å². The molecule has 0 fully saturated rings. The lowest BCUT2D eigenvalue weighted by molar-refractivity contribution is 0.585. The first-order valence-electron chi connectivity index (χ1n) is 8.24. The molecule has 0 amide bonds. The van der Waals surface area contributed by atoms with E-state index in [0.29, 0.717) is 5.69 Å². The molecule has 136 valence electrons. The quantitative estimate of drug-likeness (QED) is 0.764. The van der Waals surface area contributed by atoms with Crippen LogP contribution in [0.3, 0.4) is 0 Å². The number of nitrogens with two attached hydrogens (primary N) is 1. The molecule has 26 heavy (non-hydrogen) atoms. The maximum absolute atomic E-state index is 12.9. The van der Waals surface area contributed by atoms with Crippen molar-refractivity contribution in [3.05, 3.63) is 59.7 Å². The molecular formula is C19H22N4O2S. The molecule has 0 aliphatic carbocycles. The van der Waals surface area contributed by atoms with Gasteiger partial charge in [0.15, 0.2) is 5.82 Å². The number of anilines is 1. The molecule has 0 unspecified atom stereocenters.